The van der Waals surface area contributed by atoms with E-state index in [1.807, 2.05) is 0 Å². The van der Waals surface area contributed by atoms with E-state index in [-0.39, 0.29) is 22.8 Å². The Labute approximate surface area is 100 Å². The van der Waals surface area contributed by atoms with Gasteiger partial charge in [-0.1, -0.05) is 17.3 Å². The van der Waals surface area contributed by atoms with Crippen LogP contribution >= 0.6 is 0 Å². The minimum Gasteiger partial charge on any atom is -0.495 e. The van der Waals surface area contributed by atoms with Gasteiger partial charge in [0.2, 0.25) is 5.88 Å². The maximum absolute atomic E-state index is 12.8. The lowest BCUT2D eigenvalue weighted by Gasteiger charge is -2.14. The predicted octanol–water partition coefficient (Wildman–Crippen LogP) is 2.95. The Morgan fingerprint density at radius 2 is 2.00 bits per heavy atom. The third-order valence-corrected chi connectivity index (χ3v) is 2.41. The van der Waals surface area contributed by atoms with Crippen LogP contribution in [0.1, 0.15) is 5.56 Å². The van der Waals surface area contributed by atoms with Crippen LogP contribution < -0.4 is 10.5 Å². The van der Waals surface area contributed by atoms with Gasteiger partial charge in [0, 0.05) is 5.56 Å². The number of halogens is 3. The number of para-hydroxylation sites is 1. The second kappa shape index (κ2) is 4.25. The van der Waals surface area contributed by atoms with Crippen LogP contribution in [0.4, 0.5) is 19.1 Å². The molecule has 0 bridgehead atoms. The highest BCUT2D eigenvalue weighted by Crippen LogP contribution is 2.42. The molecule has 7 heteroatoms. The third kappa shape index (κ3) is 1.99. The molecule has 0 fully saturated rings. The Morgan fingerprint density at radius 1 is 1.28 bits per heavy atom. The summed E-state index contributed by atoms with van der Waals surface area (Å²) < 4.78 is 47.9. The zero-order chi connectivity index (χ0) is 13.3. The number of ether oxygens (including phenoxy) is 1. The SMILES string of the molecule is COc1c(-c2cnoc2N)cccc1C(F)(F)F. The Hall–Kier alpha value is -2.18. The molecule has 0 amide bonds. The van der Waals surface area contributed by atoms with Gasteiger partial charge >= 0.3 is 6.18 Å². The van der Waals surface area contributed by atoms with Crippen molar-refractivity contribution in [3.05, 3.63) is 30.0 Å². The van der Waals surface area contributed by atoms with Crippen molar-refractivity contribution < 1.29 is 22.4 Å². The van der Waals surface area contributed by atoms with Crippen molar-refractivity contribution in [1.29, 1.82) is 0 Å². The van der Waals surface area contributed by atoms with Gasteiger partial charge in [-0.25, -0.2) is 0 Å². The third-order valence-electron chi connectivity index (χ3n) is 2.41. The van der Waals surface area contributed by atoms with E-state index >= 15 is 0 Å². The number of rotatable bonds is 2. The van der Waals surface area contributed by atoms with Gasteiger partial charge in [-0.3, -0.25) is 0 Å². The summed E-state index contributed by atoms with van der Waals surface area (Å²) in [6.07, 6.45) is -3.26. The van der Waals surface area contributed by atoms with E-state index < -0.39 is 11.7 Å². The van der Waals surface area contributed by atoms with Crippen molar-refractivity contribution >= 4 is 5.88 Å². The van der Waals surface area contributed by atoms with Crippen LogP contribution in [0.15, 0.2) is 28.9 Å². The molecular weight excluding hydrogens is 249 g/mol. The van der Waals surface area contributed by atoms with Crippen molar-refractivity contribution in [3.8, 4) is 16.9 Å². The smallest absolute Gasteiger partial charge is 0.419 e. The minimum atomic E-state index is -4.51. The fourth-order valence-corrected chi connectivity index (χ4v) is 1.64. The molecule has 2 N–H and O–H groups in total. The lowest BCUT2D eigenvalue weighted by Crippen LogP contribution is -2.08. The maximum atomic E-state index is 12.8. The molecule has 96 valence electrons. The highest BCUT2D eigenvalue weighted by atomic mass is 19.4. The average molecular weight is 258 g/mol. The molecule has 4 nitrogen and oxygen atoms in total. The van der Waals surface area contributed by atoms with Crippen molar-refractivity contribution in [1.82, 2.24) is 5.16 Å². The lowest BCUT2D eigenvalue weighted by atomic mass is 10.0. The number of hydrogen-bond donors (Lipinski definition) is 1. The molecule has 1 heterocycles. The van der Waals surface area contributed by atoms with Crippen molar-refractivity contribution in [2.45, 2.75) is 6.18 Å². The number of nitrogen functional groups attached to an aromatic ring is 1. The first-order valence-electron chi connectivity index (χ1n) is 4.90. The second-order valence-corrected chi connectivity index (χ2v) is 3.49. The van der Waals surface area contributed by atoms with Crippen molar-refractivity contribution in [2.24, 2.45) is 0 Å². The van der Waals surface area contributed by atoms with E-state index in [1.54, 1.807) is 0 Å². The number of nitrogens with two attached hydrogens (primary N) is 1. The summed E-state index contributed by atoms with van der Waals surface area (Å²) >= 11 is 0. The van der Waals surface area contributed by atoms with Crippen LogP contribution in [0.3, 0.4) is 0 Å². The Bertz CT molecular complexity index is 564. The number of nitrogens with zero attached hydrogens (tertiary/aromatic N) is 1. The zero-order valence-corrected chi connectivity index (χ0v) is 9.28. The molecule has 0 aliphatic rings. The maximum Gasteiger partial charge on any atom is 0.419 e. The van der Waals surface area contributed by atoms with Gasteiger partial charge in [-0.15, -0.1) is 0 Å². The van der Waals surface area contributed by atoms with Crippen LogP contribution in [0, 0.1) is 0 Å². The summed E-state index contributed by atoms with van der Waals surface area (Å²) in [7, 11) is 1.16. The van der Waals surface area contributed by atoms with Gasteiger partial charge in [0.25, 0.3) is 0 Å². The summed E-state index contributed by atoms with van der Waals surface area (Å²) in [6.45, 7) is 0. The van der Waals surface area contributed by atoms with E-state index in [2.05, 4.69) is 9.68 Å². The summed E-state index contributed by atoms with van der Waals surface area (Å²) in [4.78, 5) is 0. The topological polar surface area (TPSA) is 61.3 Å². The standard InChI is InChI=1S/C11H9F3N2O2/c1-17-9-6(7-5-16-18-10(7)15)3-2-4-8(9)11(12,13)14/h2-5H,15H2,1H3. The van der Waals surface area contributed by atoms with Crippen LogP contribution in [0.5, 0.6) is 5.75 Å². The molecule has 0 aliphatic carbocycles. The van der Waals surface area contributed by atoms with E-state index in [0.717, 1.165) is 13.2 Å². The Kier molecular flexibility index (Phi) is 2.90. The van der Waals surface area contributed by atoms with Crippen molar-refractivity contribution in [2.75, 3.05) is 12.8 Å². The highest BCUT2D eigenvalue weighted by molar-refractivity contribution is 5.78. The van der Waals surface area contributed by atoms with Gasteiger partial charge in [0.15, 0.2) is 0 Å². The number of aromatic nitrogens is 1. The molecule has 18 heavy (non-hydrogen) atoms. The largest absolute Gasteiger partial charge is 0.495 e. The van der Waals surface area contributed by atoms with E-state index in [9.17, 15) is 13.2 Å². The van der Waals surface area contributed by atoms with Crippen molar-refractivity contribution in [3.63, 3.8) is 0 Å². The normalized spacial score (nSPS) is 11.6. The Morgan fingerprint density at radius 3 is 2.50 bits per heavy atom. The van der Waals surface area contributed by atoms with Crippen LogP contribution in [0.2, 0.25) is 0 Å². The first-order chi connectivity index (χ1) is 8.45. The number of methoxy groups -OCH3 is 1. The summed E-state index contributed by atoms with van der Waals surface area (Å²) in [5.41, 5.74) is 5.07. The fourth-order valence-electron chi connectivity index (χ4n) is 1.64. The number of hydrogen-bond acceptors (Lipinski definition) is 4. The number of anilines is 1. The minimum absolute atomic E-state index is 0.0624. The molecule has 0 spiro atoms. The van der Waals surface area contributed by atoms with Gasteiger partial charge in [0.1, 0.15) is 5.75 Å². The second-order valence-electron chi connectivity index (χ2n) is 3.49. The molecule has 0 saturated heterocycles. The summed E-state index contributed by atoms with van der Waals surface area (Å²) in [5, 5.41) is 3.43. The molecular formula is C11H9F3N2O2. The van der Waals surface area contributed by atoms with E-state index in [4.69, 9.17) is 10.5 Å². The summed E-state index contributed by atoms with van der Waals surface area (Å²) in [6, 6.07) is 3.66. The lowest BCUT2D eigenvalue weighted by molar-refractivity contribution is -0.138. The molecule has 0 unspecified atom stereocenters. The Balaban J connectivity index is 2.67. The molecule has 1 aromatic carbocycles. The van der Waals surface area contributed by atoms with Gasteiger partial charge < -0.3 is 15.0 Å². The quantitative estimate of drug-likeness (QED) is 0.899. The van der Waals surface area contributed by atoms with Crippen LogP contribution in [-0.4, -0.2) is 12.3 Å². The number of benzene rings is 1. The zero-order valence-electron chi connectivity index (χ0n) is 9.28. The predicted molar refractivity (Wildman–Crippen MR) is 57.9 cm³/mol. The first-order valence-corrected chi connectivity index (χ1v) is 4.90. The molecule has 2 rings (SSSR count). The monoisotopic (exact) mass is 258 g/mol. The molecule has 0 atom stereocenters. The van der Waals surface area contributed by atoms with Gasteiger partial charge in [0.05, 0.1) is 24.4 Å². The number of alkyl halides is 3. The van der Waals surface area contributed by atoms with Gasteiger partial charge in [-0.05, 0) is 6.07 Å². The average Bonchev–Trinajstić information content (AvgIpc) is 2.73. The van der Waals surface area contributed by atoms with Crippen LogP contribution in [0.25, 0.3) is 11.1 Å². The van der Waals surface area contributed by atoms with E-state index in [0.29, 0.717) is 0 Å². The van der Waals surface area contributed by atoms with Gasteiger partial charge in [-0.2, -0.15) is 13.2 Å². The summed E-state index contributed by atoms with van der Waals surface area (Å²) in [5.74, 6) is -0.368. The molecule has 2 aromatic rings. The highest BCUT2D eigenvalue weighted by Gasteiger charge is 2.35. The van der Waals surface area contributed by atoms with E-state index in [1.165, 1.54) is 18.3 Å². The molecule has 0 saturated carbocycles. The molecule has 1 aromatic heterocycles. The van der Waals surface area contributed by atoms with Crippen LogP contribution in [-0.2, 0) is 6.18 Å². The molecule has 0 aliphatic heterocycles. The molecule has 0 radical (unpaired) electrons. The first kappa shape index (κ1) is 12.3. The fraction of sp³-hybridized carbons (Fsp3) is 0.182.